The first-order chi connectivity index (χ1) is 5.40. The fourth-order valence-electron chi connectivity index (χ4n) is 1.04. The van der Waals surface area contributed by atoms with Gasteiger partial charge in [0.25, 0.3) is 0 Å². The number of hydrogen-bond acceptors (Lipinski definition) is 2. The monoisotopic (exact) mass is 148 g/mol. The zero-order valence-corrected chi connectivity index (χ0v) is 6.04. The molecule has 2 rings (SSSR count). The maximum Gasteiger partial charge on any atom is 0.231 e. The standard InChI is InChI=1S/C9H8O2/c1-2-7-3-4-8-9(5-7)11-6-10-8/h2-5H,1,6H2. The van der Waals surface area contributed by atoms with Gasteiger partial charge in [0.15, 0.2) is 11.5 Å². The van der Waals surface area contributed by atoms with Crippen molar-refractivity contribution >= 4 is 6.08 Å². The van der Waals surface area contributed by atoms with E-state index in [0.717, 1.165) is 17.1 Å². The van der Waals surface area contributed by atoms with Crippen LogP contribution in [0.4, 0.5) is 0 Å². The molecule has 0 fully saturated rings. The van der Waals surface area contributed by atoms with Crippen LogP contribution in [-0.2, 0) is 0 Å². The molecule has 0 radical (unpaired) electrons. The maximum atomic E-state index is 5.17. The van der Waals surface area contributed by atoms with Gasteiger partial charge in [0.2, 0.25) is 6.79 Å². The normalized spacial score (nSPS) is 13.1. The van der Waals surface area contributed by atoms with E-state index in [4.69, 9.17) is 9.47 Å². The molecule has 2 nitrogen and oxygen atoms in total. The molecule has 0 unspecified atom stereocenters. The van der Waals surface area contributed by atoms with E-state index in [2.05, 4.69) is 6.58 Å². The molecule has 0 saturated heterocycles. The predicted molar refractivity (Wildman–Crippen MR) is 42.7 cm³/mol. The van der Waals surface area contributed by atoms with Crippen LogP contribution < -0.4 is 9.47 Å². The Morgan fingerprint density at radius 3 is 2.91 bits per heavy atom. The van der Waals surface area contributed by atoms with Gasteiger partial charge in [-0.05, 0) is 17.7 Å². The minimum absolute atomic E-state index is 0.329. The quantitative estimate of drug-likeness (QED) is 0.606. The number of fused-ring (bicyclic) bond motifs is 1. The highest BCUT2D eigenvalue weighted by molar-refractivity contribution is 5.55. The molecular weight excluding hydrogens is 140 g/mol. The van der Waals surface area contributed by atoms with Crippen LogP contribution in [0.25, 0.3) is 6.08 Å². The van der Waals surface area contributed by atoms with E-state index in [-0.39, 0.29) is 0 Å². The molecule has 0 saturated carbocycles. The van der Waals surface area contributed by atoms with Crippen LogP contribution in [0.1, 0.15) is 5.56 Å². The lowest BCUT2D eigenvalue weighted by Crippen LogP contribution is -1.92. The van der Waals surface area contributed by atoms with Gasteiger partial charge < -0.3 is 9.47 Å². The summed E-state index contributed by atoms with van der Waals surface area (Å²) in [5, 5.41) is 0. The number of ether oxygens (including phenoxy) is 2. The second-order valence-corrected chi connectivity index (χ2v) is 2.32. The second-order valence-electron chi connectivity index (χ2n) is 2.32. The van der Waals surface area contributed by atoms with Crippen molar-refractivity contribution < 1.29 is 9.47 Å². The Bertz CT molecular complexity index is 292. The zero-order valence-electron chi connectivity index (χ0n) is 6.04. The molecule has 2 heteroatoms. The highest BCUT2D eigenvalue weighted by Gasteiger charge is 2.11. The fourth-order valence-corrected chi connectivity index (χ4v) is 1.04. The summed E-state index contributed by atoms with van der Waals surface area (Å²) < 4.78 is 10.3. The summed E-state index contributed by atoms with van der Waals surface area (Å²) in [4.78, 5) is 0. The van der Waals surface area contributed by atoms with Crippen LogP contribution in [0.2, 0.25) is 0 Å². The van der Waals surface area contributed by atoms with Gasteiger partial charge in [-0.25, -0.2) is 0 Å². The lowest BCUT2D eigenvalue weighted by molar-refractivity contribution is 0.174. The zero-order chi connectivity index (χ0) is 7.68. The Morgan fingerprint density at radius 2 is 2.09 bits per heavy atom. The molecule has 1 aliphatic rings. The van der Waals surface area contributed by atoms with E-state index >= 15 is 0 Å². The summed E-state index contributed by atoms with van der Waals surface area (Å²) >= 11 is 0. The number of hydrogen-bond donors (Lipinski definition) is 0. The largest absolute Gasteiger partial charge is 0.454 e. The minimum atomic E-state index is 0.329. The number of benzene rings is 1. The van der Waals surface area contributed by atoms with Crippen molar-refractivity contribution in [1.29, 1.82) is 0 Å². The van der Waals surface area contributed by atoms with Crippen molar-refractivity contribution in [1.82, 2.24) is 0 Å². The van der Waals surface area contributed by atoms with Crippen molar-refractivity contribution in [3.63, 3.8) is 0 Å². The third-order valence-electron chi connectivity index (χ3n) is 1.63. The van der Waals surface area contributed by atoms with Gasteiger partial charge in [-0.1, -0.05) is 18.7 Å². The summed E-state index contributed by atoms with van der Waals surface area (Å²) in [6.45, 7) is 3.99. The number of rotatable bonds is 1. The van der Waals surface area contributed by atoms with E-state index in [9.17, 15) is 0 Å². The molecule has 56 valence electrons. The smallest absolute Gasteiger partial charge is 0.231 e. The van der Waals surface area contributed by atoms with E-state index < -0.39 is 0 Å². The second kappa shape index (κ2) is 2.31. The van der Waals surface area contributed by atoms with Gasteiger partial charge in [0, 0.05) is 0 Å². The van der Waals surface area contributed by atoms with Crippen LogP contribution in [-0.4, -0.2) is 6.79 Å². The Kier molecular flexibility index (Phi) is 1.32. The molecular formula is C9H8O2. The molecule has 0 amide bonds. The molecule has 0 N–H and O–H groups in total. The average Bonchev–Trinajstić information content (AvgIpc) is 2.50. The first-order valence-electron chi connectivity index (χ1n) is 3.42. The lowest BCUT2D eigenvalue weighted by Gasteiger charge is -1.95. The van der Waals surface area contributed by atoms with Crippen molar-refractivity contribution in [2.75, 3.05) is 6.79 Å². The maximum absolute atomic E-state index is 5.17. The van der Waals surface area contributed by atoms with Crippen LogP contribution in [0, 0.1) is 0 Å². The Hall–Kier alpha value is -1.44. The molecule has 0 spiro atoms. The summed E-state index contributed by atoms with van der Waals surface area (Å²) in [6.07, 6.45) is 1.78. The van der Waals surface area contributed by atoms with E-state index in [1.807, 2.05) is 18.2 Å². The van der Waals surface area contributed by atoms with Crippen LogP contribution in [0.15, 0.2) is 24.8 Å². The van der Waals surface area contributed by atoms with Crippen molar-refractivity contribution in [2.45, 2.75) is 0 Å². The molecule has 1 aliphatic heterocycles. The van der Waals surface area contributed by atoms with E-state index in [1.54, 1.807) is 6.08 Å². The van der Waals surface area contributed by atoms with Gasteiger partial charge >= 0.3 is 0 Å². The van der Waals surface area contributed by atoms with Gasteiger partial charge in [0.1, 0.15) is 0 Å². The van der Waals surface area contributed by atoms with Gasteiger partial charge in [-0.3, -0.25) is 0 Å². The topological polar surface area (TPSA) is 18.5 Å². The molecule has 0 aromatic heterocycles. The molecule has 11 heavy (non-hydrogen) atoms. The molecule has 0 aliphatic carbocycles. The molecule has 1 heterocycles. The van der Waals surface area contributed by atoms with Gasteiger partial charge in [0.05, 0.1) is 0 Å². The third-order valence-corrected chi connectivity index (χ3v) is 1.63. The molecule has 1 aromatic rings. The van der Waals surface area contributed by atoms with Crippen molar-refractivity contribution in [2.24, 2.45) is 0 Å². The molecule has 0 bridgehead atoms. The first kappa shape index (κ1) is 6.28. The van der Waals surface area contributed by atoms with Crippen LogP contribution in [0.5, 0.6) is 11.5 Å². The first-order valence-corrected chi connectivity index (χ1v) is 3.42. The minimum Gasteiger partial charge on any atom is -0.454 e. The molecule has 1 aromatic carbocycles. The van der Waals surface area contributed by atoms with Crippen molar-refractivity contribution in [3.8, 4) is 11.5 Å². The fraction of sp³-hybridized carbons (Fsp3) is 0.111. The van der Waals surface area contributed by atoms with Crippen molar-refractivity contribution in [3.05, 3.63) is 30.3 Å². The Balaban J connectivity index is 2.48. The summed E-state index contributed by atoms with van der Waals surface area (Å²) in [5.41, 5.74) is 1.05. The Morgan fingerprint density at radius 1 is 1.27 bits per heavy atom. The van der Waals surface area contributed by atoms with Gasteiger partial charge in [-0.2, -0.15) is 0 Å². The van der Waals surface area contributed by atoms with Gasteiger partial charge in [-0.15, -0.1) is 0 Å². The highest BCUT2D eigenvalue weighted by Crippen LogP contribution is 2.32. The Labute approximate surface area is 65.1 Å². The van der Waals surface area contributed by atoms with E-state index in [1.165, 1.54) is 0 Å². The SMILES string of the molecule is C=Cc1ccc2c(c1)OCO2. The summed E-state index contributed by atoms with van der Waals surface area (Å²) in [7, 11) is 0. The average molecular weight is 148 g/mol. The van der Waals surface area contributed by atoms with Crippen LogP contribution in [0.3, 0.4) is 0 Å². The van der Waals surface area contributed by atoms with E-state index in [0.29, 0.717) is 6.79 Å². The summed E-state index contributed by atoms with van der Waals surface area (Å²) in [6, 6.07) is 5.75. The lowest BCUT2D eigenvalue weighted by atomic mass is 10.2. The highest BCUT2D eigenvalue weighted by atomic mass is 16.7. The van der Waals surface area contributed by atoms with Crippen LogP contribution >= 0.6 is 0 Å². The third kappa shape index (κ3) is 0.963. The predicted octanol–water partition coefficient (Wildman–Crippen LogP) is 2.06. The molecule has 0 atom stereocenters. The summed E-state index contributed by atoms with van der Waals surface area (Å²) in [5.74, 6) is 1.62.